The van der Waals surface area contributed by atoms with E-state index in [1.54, 1.807) is 0 Å². The summed E-state index contributed by atoms with van der Waals surface area (Å²) in [7, 11) is 0. The molecule has 4 heteroatoms. The predicted molar refractivity (Wildman–Crippen MR) is 84.4 cm³/mol. The zero-order chi connectivity index (χ0) is 14.6. The fourth-order valence-electron chi connectivity index (χ4n) is 1.89. The van der Waals surface area contributed by atoms with Crippen LogP contribution in [-0.2, 0) is 9.47 Å². The van der Waals surface area contributed by atoms with Crippen molar-refractivity contribution in [3.63, 3.8) is 0 Å². The number of ether oxygens (including phenoxy) is 2. The maximum atomic E-state index is 6.05. The van der Waals surface area contributed by atoms with Gasteiger partial charge in [0.15, 0.2) is 0 Å². The molecule has 0 fully saturated rings. The zero-order valence-electron chi connectivity index (χ0n) is 12.5. The Labute approximate surface area is 127 Å². The number of hydrogen-bond acceptors (Lipinski definition) is 3. The molecule has 1 atom stereocenters. The maximum Gasteiger partial charge on any atom is 0.0950 e. The van der Waals surface area contributed by atoms with Crippen LogP contribution in [0, 0.1) is 0 Å². The van der Waals surface area contributed by atoms with E-state index in [0.717, 1.165) is 43.1 Å². The SMILES string of the molecule is CCCNCC(OCCOCCC)c1cccc(Cl)c1. The predicted octanol–water partition coefficient (Wildman–Crippen LogP) is 3.82. The molecule has 0 saturated heterocycles. The van der Waals surface area contributed by atoms with Gasteiger partial charge in [-0.1, -0.05) is 37.6 Å². The van der Waals surface area contributed by atoms with Crippen LogP contribution in [0.15, 0.2) is 24.3 Å². The minimum absolute atomic E-state index is 0.0190. The number of hydrogen-bond donors (Lipinski definition) is 1. The lowest BCUT2D eigenvalue weighted by atomic mass is 10.1. The van der Waals surface area contributed by atoms with Crippen LogP contribution in [0.4, 0.5) is 0 Å². The van der Waals surface area contributed by atoms with Gasteiger partial charge in [-0.2, -0.15) is 0 Å². The standard InChI is InChI=1S/C16H26ClNO2/c1-3-8-18-13-16(20-11-10-19-9-4-2)14-6-5-7-15(17)12-14/h5-7,12,16,18H,3-4,8-11,13H2,1-2H3. The van der Waals surface area contributed by atoms with Crippen molar-refractivity contribution in [1.82, 2.24) is 5.32 Å². The molecule has 1 aromatic rings. The van der Waals surface area contributed by atoms with Gasteiger partial charge in [0.2, 0.25) is 0 Å². The molecule has 20 heavy (non-hydrogen) atoms. The smallest absolute Gasteiger partial charge is 0.0950 e. The average Bonchev–Trinajstić information content (AvgIpc) is 2.45. The highest BCUT2D eigenvalue weighted by Gasteiger charge is 2.12. The van der Waals surface area contributed by atoms with Crippen molar-refractivity contribution in [2.75, 3.05) is 32.9 Å². The van der Waals surface area contributed by atoms with Crippen LogP contribution in [0.2, 0.25) is 5.02 Å². The summed E-state index contributed by atoms with van der Waals surface area (Å²) in [5.41, 5.74) is 1.11. The van der Waals surface area contributed by atoms with Crippen LogP contribution >= 0.6 is 11.6 Å². The number of halogens is 1. The third kappa shape index (κ3) is 7.25. The molecule has 3 nitrogen and oxygen atoms in total. The summed E-state index contributed by atoms with van der Waals surface area (Å²) in [4.78, 5) is 0. The van der Waals surface area contributed by atoms with Gasteiger partial charge in [0, 0.05) is 18.2 Å². The molecule has 0 aromatic heterocycles. The van der Waals surface area contributed by atoms with E-state index in [2.05, 4.69) is 25.2 Å². The lowest BCUT2D eigenvalue weighted by molar-refractivity contribution is 0.00434. The van der Waals surface area contributed by atoms with Crippen molar-refractivity contribution in [2.24, 2.45) is 0 Å². The average molecular weight is 300 g/mol. The molecular formula is C16H26ClNO2. The maximum absolute atomic E-state index is 6.05. The molecule has 0 bridgehead atoms. The Morgan fingerprint density at radius 3 is 2.70 bits per heavy atom. The van der Waals surface area contributed by atoms with Gasteiger partial charge in [-0.15, -0.1) is 0 Å². The second-order valence-corrected chi connectivity index (χ2v) is 5.17. The van der Waals surface area contributed by atoms with E-state index in [9.17, 15) is 0 Å². The van der Waals surface area contributed by atoms with Crippen LogP contribution in [-0.4, -0.2) is 32.9 Å². The highest BCUT2D eigenvalue weighted by Crippen LogP contribution is 2.20. The van der Waals surface area contributed by atoms with E-state index < -0.39 is 0 Å². The minimum atomic E-state index is 0.0190. The first-order chi connectivity index (χ1) is 9.77. The van der Waals surface area contributed by atoms with Crippen molar-refractivity contribution in [1.29, 1.82) is 0 Å². The minimum Gasteiger partial charge on any atom is -0.379 e. The van der Waals surface area contributed by atoms with Crippen LogP contribution in [0.3, 0.4) is 0 Å². The Hall–Kier alpha value is -0.610. The van der Waals surface area contributed by atoms with Gasteiger partial charge in [-0.3, -0.25) is 0 Å². The molecule has 1 rings (SSSR count). The highest BCUT2D eigenvalue weighted by molar-refractivity contribution is 6.30. The molecule has 0 amide bonds. The normalized spacial score (nSPS) is 12.6. The number of nitrogens with one attached hydrogen (secondary N) is 1. The van der Waals surface area contributed by atoms with E-state index in [-0.39, 0.29) is 6.10 Å². The molecule has 0 spiro atoms. The first kappa shape index (κ1) is 17.4. The molecule has 1 N–H and O–H groups in total. The van der Waals surface area contributed by atoms with Crippen molar-refractivity contribution in [3.05, 3.63) is 34.9 Å². The van der Waals surface area contributed by atoms with Crippen molar-refractivity contribution in [2.45, 2.75) is 32.8 Å². The van der Waals surface area contributed by atoms with E-state index in [0.29, 0.717) is 13.2 Å². The molecular weight excluding hydrogens is 274 g/mol. The van der Waals surface area contributed by atoms with Gasteiger partial charge >= 0.3 is 0 Å². The summed E-state index contributed by atoms with van der Waals surface area (Å²) in [6, 6.07) is 7.86. The first-order valence-electron chi connectivity index (χ1n) is 7.43. The largest absolute Gasteiger partial charge is 0.379 e. The van der Waals surface area contributed by atoms with Crippen molar-refractivity contribution >= 4 is 11.6 Å². The fourth-order valence-corrected chi connectivity index (χ4v) is 2.08. The fraction of sp³-hybridized carbons (Fsp3) is 0.625. The Bertz CT molecular complexity index is 360. The van der Waals surface area contributed by atoms with Crippen LogP contribution in [0.5, 0.6) is 0 Å². The lowest BCUT2D eigenvalue weighted by Gasteiger charge is -2.19. The van der Waals surface area contributed by atoms with Gasteiger partial charge in [0.25, 0.3) is 0 Å². The zero-order valence-corrected chi connectivity index (χ0v) is 13.3. The summed E-state index contributed by atoms with van der Waals surface area (Å²) in [6.45, 7) is 8.07. The molecule has 0 aliphatic rings. The third-order valence-corrected chi connectivity index (χ3v) is 3.11. The molecule has 0 heterocycles. The summed E-state index contributed by atoms with van der Waals surface area (Å²) in [6.07, 6.45) is 2.17. The van der Waals surface area contributed by atoms with Gasteiger partial charge in [0.1, 0.15) is 0 Å². The Morgan fingerprint density at radius 2 is 2.00 bits per heavy atom. The monoisotopic (exact) mass is 299 g/mol. The van der Waals surface area contributed by atoms with E-state index in [4.69, 9.17) is 21.1 Å². The van der Waals surface area contributed by atoms with E-state index >= 15 is 0 Å². The van der Waals surface area contributed by atoms with Gasteiger partial charge in [0.05, 0.1) is 19.3 Å². The second kappa shape index (κ2) is 11.1. The molecule has 0 saturated carbocycles. The number of rotatable bonds is 11. The summed E-state index contributed by atoms with van der Waals surface area (Å²) >= 11 is 6.05. The molecule has 114 valence electrons. The third-order valence-electron chi connectivity index (χ3n) is 2.87. The summed E-state index contributed by atoms with van der Waals surface area (Å²) in [5, 5.41) is 4.14. The Kier molecular flexibility index (Phi) is 9.67. The van der Waals surface area contributed by atoms with Gasteiger partial charge in [-0.05, 0) is 37.1 Å². The second-order valence-electron chi connectivity index (χ2n) is 4.73. The molecule has 0 radical (unpaired) electrons. The molecule has 0 aliphatic carbocycles. The topological polar surface area (TPSA) is 30.5 Å². The first-order valence-corrected chi connectivity index (χ1v) is 7.81. The molecule has 1 unspecified atom stereocenters. The van der Waals surface area contributed by atoms with Gasteiger partial charge in [-0.25, -0.2) is 0 Å². The lowest BCUT2D eigenvalue weighted by Crippen LogP contribution is -2.25. The van der Waals surface area contributed by atoms with E-state index in [1.807, 2.05) is 18.2 Å². The van der Waals surface area contributed by atoms with Crippen molar-refractivity contribution < 1.29 is 9.47 Å². The summed E-state index contributed by atoms with van der Waals surface area (Å²) in [5.74, 6) is 0. The van der Waals surface area contributed by atoms with Crippen LogP contribution < -0.4 is 5.32 Å². The van der Waals surface area contributed by atoms with Crippen LogP contribution in [0.1, 0.15) is 38.4 Å². The Balaban J connectivity index is 2.47. The highest BCUT2D eigenvalue weighted by atomic mass is 35.5. The van der Waals surface area contributed by atoms with Crippen LogP contribution in [0.25, 0.3) is 0 Å². The summed E-state index contributed by atoms with van der Waals surface area (Å²) < 4.78 is 11.4. The van der Waals surface area contributed by atoms with E-state index in [1.165, 1.54) is 0 Å². The molecule has 1 aromatic carbocycles. The quantitative estimate of drug-likeness (QED) is 0.630. The Morgan fingerprint density at radius 1 is 1.15 bits per heavy atom. The molecule has 0 aliphatic heterocycles. The van der Waals surface area contributed by atoms with Crippen molar-refractivity contribution in [3.8, 4) is 0 Å². The van der Waals surface area contributed by atoms with Gasteiger partial charge < -0.3 is 14.8 Å². The number of benzene rings is 1.